The standard InChI is InChI=1S/C16H29N3S/c1-5-6-14-10-19(15(9-17-14)12(2)3)8-7-16-18-13(4)11-20-16/h11-12,14-15,17H,5-10H2,1-4H3. The second-order valence-corrected chi connectivity index (χ2v) is 7.28. The molecule has 114 valence electrons. The van der Waals surface area contributed by atoms with Gasteiger partial charge in [0.15, 0.2) is 0 Å². The quantitative estimate of drug-likeness (QED) is 0.874. The van der Waals surface area contributed by atoms with Gasteiger partial charge in [0.1, 0.15) is 0 Å². The highest BCUT2D eigenvalue weighted by Gasteiger charge is 2.29. The second kappa shape index (κ2) is 7.53. The number of aryl methyl sites for hydroxylation is 1. The maximum absolute atomic E-state index is 4.60. The van der Waals surface area contributed by atoms with Gasteiger partial charge in [0.25, 0.3) is 0 Å². The number of piperazine rings is 1. The number of nitrogens with zero attached hydrogens (tertiary/aromatic N) is 2. The molecule has 0 saturated carbocycles. The fourth-order valence-corrected chi connectivity index (χ4v) is 3.88. The summed E-state index contributed by atoms with van der Waals surface area (Å²) in [4.78, 5) is 7.29. The maximum atomic E-state index is 4.60. The van der Waals surface area contributed by atoms with Crippen LogP contribution in [0.5, 0.6) is 0 Å². The minimum absolute atomic E-state index is 0.671. The van der Waals surface area contributed by atoms with E-state index in [1.165, 1.54) is 24.4 Å². The molecule has 3 nitrogen and oxygen atoms in total. The molecule has 20 heavy (non-hydrogen) atoms. The largest absolute Gasteiger partial charge is 0.311 e. The Labute approximate surface area is 127 Å². The van der Waals surface area contributed by atoms with Crippen LogP contribution in [0.1, 0.15) is 44.3 Å². The van der Waals surface area contributed by atoms with E-state index in [2.05, 4.69) is 48.3 Å². The average Bonchev–Trinajstić information content (AvgIpc) is 2.82. The molecule has 1 aromatic heterocycles. The van der Waals surface area contributed by atoms with Crippen molar-refractivity contribution in [1.29, 1.82) is 0 Å². The first-order valence-corrected chi connectivity index (χ1v) is 8.86. The molecule has 0 aliphatic carbocycles. The smallest absolute Gasteiger partial charge is 0.0940 e. The van der Waals surface area contributed by atoms with Crippen molar-refractivity contribution in [1.82, 2.24) is 15.2 Å². The Balaban J connectivity index is 1.92. The number of hydrogen-bond donors (Lipinski definition) is 1. The van der Waals surface area contributed by atoms with Crippen molar-refractivity contribution in [2.24, 2.45) is 5.92 Å². The third kappa shape index (κ3) is 4.27. The third-order valence-electron chi connectivity index (χ3n) is 4.23. The van der Waals surface area contributed by atoms with Gasteiger partial charge >= 0.3 is 0 Å². The van der Waals surface area contributed by atoms with Gasteiger partial charge < -0.3 is 5.32 Å². The zero-order valence-electron chi connectivity index (χ0n) is 13.4. The van der Waals surface area contributed by atoms with E-state index in [0.29, 0.717) is 18.0 Å². The van der Waals surface area contributed by atoms with Crippen LogP contribution in [-0.4, -0.2) is 41.6 Å². The van der Waals surface area contributed by atoms with E-state index in [9.17, 15) is 0 Å². The molecule has 2 heterocycles. The summed E-state index contributed by atoms with van der Waals surface area (Å²) < 4.78 is 0. The lowest BCUT2D eigenvalue weighted by Crippen LogP contribution is -2.58. The number of hydrogen-bond acceptors (Lipinski definition) is 4. The maximum Gasteiger partial charge on any atom is 0.0940 e. The number of aromatic nitrogens is 1. The highest BCUT2D eigenvalue weighted by atomic mass is 32.1. The lowest BCUT2D eigenvalue weighted by atomic mass is 9.97. The van der Waals surface area contributed by atoms with Gasteiger partial charge in [0.05, 0.1) is 5.01 Å². The van der Waals surface area contributed by atoms with Crippen molar-refractivity contribution < 1.29 is 0 Å². The summed E-state index contributed by atoms with van der Waals surface area (Å²) in [6.07, 6.45) is 3.65. The third-order valence-corrected chi connectivity index (χ3v) is 5.25. The van der Waals surface area contributed by atoms with Crippen LogP contribution in [0.25, 0.3) is 0 Å². The molecule has 2 rings (SSSR count). The molecular weight excluding hydrogens is 266 g/mol. The van der Waals surface area contributed by atoms with Crippen LogP contribution in [0.4, 0.5) is 0 Å². The molecule has 1 aliphatic rings. The molecule has 0 bridgehead atoms. The Morgan fingerprint density at radius 2 is 2.30 bits per heavy atom. The van der Waals surface area contributed by atoms with Crippen molar-refractivity contribution in [3.8, 4) is 0 Å². The van der Waals surface area contributed by atoms with Crippen LogP contribution in [0.2, 0.25) is 0 Å². The first-order chi connectivity index (χ1) is 9.60. The summed E-state index contributed by atoms with van der Waals surface area (Å²) >= 11 is 1.81. The molecule has 1 saturated heterocycles. The summed E-state index contributed by atoms with van der Waals surface area (Å²) in [5, 5.41) is 7.18. The normalized spacial score (nSPS) is 24.4. The fourth-order valence-electron chi connectivity index (χ4n) is 3.11. The van der Waals surface area contributed by atoms with Gasteiger partial charge in [-0.05, 0) is 19.3 Å². The van der Waals surface area contributed by atoms with Gasteiger partial charge in [0.2, 0.25) is 0 Å². The van der Waals surface area contributed by atoms with Crippen LogP contribution >= 0.6 is 11.3 Å². The molecule has 1 N–H and O–H groups in total. The van der Waals surface area contributed by atoms with Crippen molar-refractivity contribution in [3.05, 3.63) is 16.1 Å². The first kappa shape index (κ1) is 15.9. The predicted molar refractivity (Wildman–Crippen MR) is 87.5 cm³/mol. The number of rotatable bonds is 6. The van der Waals surface area contributed by atoms with E-state index in [0.717, 1.165) is 25.2 Å². The summed E-state index contributed by atoms with van der Waals surface area (Å²) in [6, 6.07) is 1.34. The van der Waals surface area contributed by atoms with Gasteiger partial charge in [0, 0.05) is 49.2 Å². The lowest BCUT2D eigenvalue weighted by molar-refractivity contribution is 0.0969. The van der Waals surface area contributed by atoms with E-state index in [-0.39, 0.29) is 0 Å². The molecule has 0 spiro atoms. The summed E-state index contributed by atoms with van der Waals surface area (Å²) in [5.74, 6) is 0.711. The van der Waals surface area contributed by atoms with Gasteiger partial charge in [-0.3, -0.25) is 4.90 Å². The Morgan fingerprint density at radius 3 is 2.90 bits per heavy atom. The summed E-state index contributed by atoms with van der Waals surface area (Å²) in [7, 11) is 0. The molecular formula is C16H29N3S. The molecule has 4 heteroatoms. The molecule has 0 amide bonds. The summed E-state index contributed by atoms with van der Waals surface area (Å²) in [6.45, 7) is 12.5. The second-order valence-electron chi connectivity index (χ2n) is 6.33. The van der Waals surface area contributed by atoms with E-state index in [1.54, 1.807) is 11.3 Å². The Morgan fingerprint density at radius 1 is 1.50 bits per heavy atom. The van der Waals surface area contributed by atoms with Crippen molar-refractivity contribution >= 4 is 11.3 Å². The predicted octanol–water partition coefficient (Wildman–Crippen LogP) is 3.09. The molecule has 0 radical (unpaired) electrons. The van der Waals surface area contributed by atoms with Crippen molar-refractivity contribution in [2.45, 2.75) is 59.0 Å². The highest BCUT2D eigenvalue weighted by Crippen LogP contribution is 2.18. The monoisotopic (exact) mass is 295 g/mol. The van der Waals surface area contributed by atoms with Crippen molar-refractivity contribution in [2.75, 3.05) is 19.6 Å². The number of nitrogens with one attached hydrogen (secondary N) is 1. The molecule has 2 atom stereocenters. The molecule has 1 fully saturated rings. The van der Waals surface area contributed by atoms with Gasteiger partial charge in [-0.1, -0.05) is 27.2 Å². The van der Waals surface area contributed by atoms with Crippen LogP contribution in [0.3, 0.4) is 0 Å². The molecule has 1 aliphatic heterocycles. The first-order valence-electron chi connectivity index (χ1n) is 7.98. The average molecular weight is 295 g/mol. The molecule has 0 aromatic carbocycles. The Bertz CT molecular complexity index is 402. The molecule has 2 unspecified atom stereocenters. The lowest BCUT2D eigenvalue weighted by Gasteiger charge is -2.42. The van der Waals surface area contributed by atoms with Gasteiger partial charge in [-0.25, -0.2) is 4.98 Å². The fraction of sp³-hybridized carbons (Fsp3) is 0.812. The van der Waals surface area contributed by atoms with E-state index in [1.807, 2.05) is 0 Å². The van der Waals surface area contributed by atoms with Crippen LogP contribution < -0.4 is 5.32 Å². The van der Waals surface area contributed by atoms with Crippen LogP contribution in [-0.2, 0) is 6.42 Å². The minimum atomic E-state index is 0.671. The van der Waals surface area contributed by atoms with E-state index in [4.69, 9.17) is 0 Å². The van der Waals surface area contributed by atoms with E-state index < -0.39 is 0 Å². The SMILES string of the molecule is CCCC1CN(CCc2nc(C)cs2)C(C(C)C)CN1. The minimum Gasteiger partial charge on any atom is -0.311 e. The topological polar surface area (TPSA) is 28.2 Å². The van der Waals surface area contributed by atoms with Crippen LogP contribution in [0.15, 0.2) is 5.38 Å². The Hall–Kier alpha value is -0.450. The zero-order chi connectivity index (χ0) is 14.5. The van der Waals surface area contributed by atoms with E-state index >= 15 is 0 Å². The molecule has 1 aromatic rings. The summed E-state index contributed by atoms with van der Waals surface area (Å²) in [5.41, 5.74) is 1.16. The number of thiazole rings is 1. The zero-order valence-corrected chi connectivity index (χ0v) is 14.2. The van der Waals surface area contributed by atoms with Gasteiger partial charge in [-0.2, -0.15) is 0 Å². The van der Waals surface area contributed by atoms with Gasteiger partial charge in [-0.15, -0.1) is 11.3 Å². The highest BCUT2D eigenvalue weighted by molar-refractivity contribution is 7.09. The van der Waals surface area contributed by atoms with Crippen molar-refractivity contribution in [3.63, 3.8) is 0 Å². The Kier molecular flexibility index (Phi) is 6.00. The van der Waals surface area contributed by atoms with Crippen LogP contribution in [0, 0.1) is 12.8 Å².